The van der Waals surface area contributed by atoms with Gasteiger partial charge in [0, 0.05) is 17.0 Å². The van der Waals surface area contributed by atoms with E-state index in [0.717, 1.165) is 0 Å². The third-order valence-corrected chi connectivity index (χ3v) is 3.75. The third kappa shape index (κ3) is 3.10. The summed E-state index contributed by atoms with van der Waals surface area (Å²) in [5.74, 6) is 0. The average molecular weight is 211 g/mol. The monoisotopic (exact) mass is 211 g/mol. The van der Waals surface area contributed by atoms with Gasteiger partial charge in [-0.1, -0.05) is 13.3 Å². The van der Waals surface area contributed by atoms with Gasteiger partial charge in [0.25, 0.3) is 0 Å². The zero-order chi connectivity index (χ0) is 10.6. The van der Waals surface area contributed by atoms with Crippen LogP contribution in [0, 0.1) is 6.92 Å². The van der Waals surface area contributed by atoms with E-state index in [4.69, 9.17) is 0 Å². The molecule has 0 saturated heterocycles. The molecule has 0 aliphatic carbocycles. The van der Waals surface area contributed by atoms with Gasteiger partial charge in [-0.2, -0.15) is 0 Å². The molecule has 0 saturated carbocycles. The summed E-state index contributed by atoms with van der Waals surface area (Å²) in [6.07, 6.45) is 2.51. The van der Waals surface area contributed by atoms with Crippen LogP contribution in [0.25, 0.3) is 0 Å². The van der Waals surface area contributed by atoms with Crippen LogP contribution in [0.4, 0.5) is 0 Å². The van der Waals surface area contributed by atoms with Crippen molar-refractivity contribution in [3.63, 3.8) is 0 Å². The normalized spacial score (nSPS) is 15.4. The average Bonchev–Trinajstić information content (AvgIpc) is 2.51. The second-order valence-electron chi connectivity index (χ2n) is 4.05. The van der Waals surface area contributed by atoms with Crippen LogP contribution in [-0.4, -0.2) is 6.04 Å². The predicted molar refractivity (Wildman–Crippen MR) is 65.0 cm³/mol. The van der Waals surface area contributed by atoms with Gasteiger partial charge in [0.05, 0.1) is 0 Å². The number of rotatable bonds is 5. The molecule has 0 aromatic carbocycles. The summed E-state index contributed by atoms with van der Waals surface area (Å²) in [7, 11) is 0. The minimum Gasteiger partial charge on any atom is -0.307 e. The maximum Gasteiger partial charge on any atom is 0.0390 e. The molecule has 0 aliphatic heterocycles. The molecule has 0 spiro atoms. The lowest BCUT2D eigenvalue weighted by Gasteiger charge is -2.19. The zero-order valence-electron chi connectivity index (χ0n) is 9.63. The van der Waals surface area contributed by atoms with E-state index in [1.54, 1.807) is 0 Å². The van der Waals surface area contributed by atoms with Crippen molar-refractivity contribution in [3.05, 3.63) is 21.9 Å². The van der Waals surface area contributed by atoms with Crippen LogP contribution in [0.15, 0.2) is 11.4 Å². The highest BCUT2D eigenvalue weighted by atomic mass is 32.1. The summed E-state index contributed by atoms with van der Waals surface area (Å²) in [6, 6.07) is 3.32. The lowest BCUT2D eigenvalue weighted by Crippen LogP contribution is -2.28. The van der Waals surface area contributed by atoms with Crippen LogP contribution in [0.3, 0.4) is 0 Å². The first kappa shape index (κ1) is 11.7. The fourth-order valence-corrected chi connectivity index (χ4v) is 2.79. The molecular weight excluding hydrogens is 190 g/mol. The van der Waals surface area contributed by atoms with Crippen molar-refractivity contribution in [3.8, 4) is 0 Å². The van der Waals surface area contributed by atoms with Crippen molar-refractivity contribution >= 4 is 11.3 Å². The molecule has 2 heteroatoms. The lowest BCUT2D eigenvalue weighted by molar-refractivity contribution is 0.456. The molecule has 1 heterocycles. The van der Waals surface area contributed by atoms with E-state index in [1.165, 1.54) is 23.3 Å². The number of aryl methyl sites for hydroxylation is 1. The molecule has 0 fully saturated rings. The Balaban J connectivity index is 2.50. The minimum absolute atomic E-state index is 0.497. The molecule has 0 aliphatic rings. The van der Waals surface area contributed by atoms with E-state index in [1.807, 2.05) is 11.3 Å². The molecule has 0 amide bonds. The summed E-state index contributed by atoms with van der Waals surface area (Å²) in [5.41, 5.74) is 1.42. The van der Waals surface area contributed by atoms with Gasteiger partial charge in [-0.3, -0.25) is 0 Å². The highest BCUT2D eigenvalue weighted by Crippen LogP contribution is 2.23. The Bertz CT molecular complexity index is 267. The Labute approximate surface area is 91.5 Å². The van der Waals surface area contributed by atoms with Gasteiger partial charge in [0.2, 0.25) is 0 Å². The van der Waals surface area contributed by atoms with E-state index in [0.29, 0.717) is 12.1 Å². The van der Waals surface area contributed by atoms with Gasteiger partial charge < -0.3 is 5.32 Å². The van der Waals surface area contributed by atoms with Crippen LogP contribution >= 0.6 is 11.3 Å². The lowest BCUT2D eigenvalue weighted by atomic mass is 10.1. The van der Waals surface area contributed by atoms with Gasteiger partial charge in [-0.15, -0.1) is 11.3 Å². The number of hydrogen-bond donors (Lipinski definition) is 1. The van der Waals surface area contributed by atoms with Gasteiger partial charge in [0.15, 0.2) is 0 Å². The van der Waals surface area contributed by atoms with Crippen molar-refractivity contribution in [2.45, 2.75) is 52.6 Å². The first-order valence-electron chi connectivity index (χ1n) is 5.45. The van der Waals surface area contributed by atoms with Gasteiger partial charge in [-0.05, 0) is 44.2 Å². The van der Waals surface area contributed by atoms with Crippen molar-refractivity contribution in [2.24, 2.45) is 0 Å². The summed E-state index contributed by atoms with van der Waals surface area (Å²) in [4.78, 5) is 1.48. The Hall–Kier alpha value is -0.340. The van der Waals surface area contributed by atoms with E-state index in [2.05, 4.69) is 44.5 Å². The molecule has 1 aromatic heterocycles. The molecule has 2 atom stereocenters. The summed E-state index contributed by atoms with van der Waals surface area (Å²) < 4.78 is 0. The second-order valence-corrected chi connectivity index (χ2v) is 4.99. The maximum atomic E-state index is 3.63. The molecule has 14 heavy (non-hydrogen) atoms. The van der Waals surface area contributed by atoms with Crippen molar-refractivity contribution in [1.29, 1.82) is 0 Å². The highest BCUT2D eigenvalue weighted by Gasteiger charge is 2.11. The minimum atomic E-state index is 0.497. The first-order valence-corrected chi connectivity index (χ1v) is 6.33. The van der Waals surface area contributed by atoms with Crippen LogP contribution in [0.1, 0.15) is 50.1 Å². The van der Waals surface area contributed by atoms with Crippen LogP contribution in [0.2, 0.25) is 0 Å². The molecule has 80 valence electrons. The second kappa shape index (κ2) is 5.52. The van der Waals surface area contributed by atoms with E-state index in [9.17, 15) is 0 Å². The fourth-order valence-electron chi connectivity index (χ4n) is 1.85. The largest absolute Gasteiger partial charge is 0.307 e. The Morgan fingerprint density at radius 3 is 2.64 bits per heavy atom. The molecule has 2 unspecified atom stereocenters. The van der Waals surface area contributed by atoms with Crippen LogP contribution < -0.4 is 5.32 Å². The van der Waals surface area contributed by atoms with E-state index < -0.39 is 0 Å². The topological polar surface area (TPSA) is 12.0 Å². The van der Waals surface area contributed by atoms with Crippen LogP contribution in [0.5, 0.6) is 0 Å². The SMILES string of the molecule is CCCC(C)NC(C)c1sccc1C. The number of hydrogen-bond acceptors (Lipinski definition) is 2. The summed E-state index contributed by atoms with van der Waals surface area (Å²) in [5, 5.41) is 5.81. The van der Waals surface area contributed by atoms with Gasteiger partial charge in [0.1, 0.15) is 0 Å². The maximum absolute atomic E-state index is 3.63. The first-order chi connectivity index (χ1) is 6.65. The zero-order valence-corrected chi connectivity index (χ0v) is 10.4. The van der Waals surface area contributed by atoms with Gasteiger partial charge in [-0.25, -0.2) is 0 Å². The van der Waals surface area contributed by atoms with Crippen LogP contribution in [-0.2, 0) is 0 Å². The van der Waals surface area contributed by atoms with E-state index >= 15 is 0 Å². The van der Waals surface area contributed by atoms with Crippen molar-refractivity contribution in [2.75, 3.05) is 0 Å². The summed E-state index contributed by atoms with van der Waals surface area (Å²) >= 11 is 1.86. The number of thiophene rings is 1. The quantitative estimate of drug-likeness (QED) is 0.779. The smallest absolute Gasteiger partial charge is 0.0390 e. The fraction of sp³-hybridized carbons (Fsp3) is 0.667. The molecule has 0 bridgehead atoms. The Morgan fingerprint density at radius 2 is 2.14 bits per heavy atom. The Kier molecular flexibility index (Phi) is 4.63. The molecule has 0 radical (unpaired) electrons. The van der Waals surface area contributed by atoms with E-state index in [-0.39, 0.29) is 0 Å². The molecule has 1 nitrogen and oxygen atoms in total. The van der Waals surface area contributed by atoms with Crippen molar-refractivity contribution in [1.82, 2.24) is 5.32 Å². The molecule has 1 N–H and O–H groups in total. The van der Waals surface area contributed by atoms with Crippen molar-refractivity contribution < 1.29 is 0 Å². The standard InChI is InChI=1S/C12H21NS/c1-5-6-10(3)13-11(4)12-9(2)7-8-14-12/h7-8,10-11,13H,5-6H2,1-4H3. The highest BCUT2D eigenvalue weighted by molar-refractivity contribution is 7.10. The third-order valence-electron chi connectivity index (χ3n) is 2.55. The molecule has 1 aromatic rings. The molecule has 1 rings (SSSR count). The molecular formula is C12H21NS. The summed E-state index contributed by atoms with van der Waals surface area (Å²) in [6.45, 7) is 8.95. The number of nitrogens with one attached hydrogen (secondary N) is 1. The Morgan fingerprint density at radius 1 is 1.43 bits per heavy atom. The predicted octanol–water partition coefficient (Wildman–Crippen LogP) is 3.90. The van der Waals surface area contributed by atoms with Gasteiger partial charge >= 0.3 is 0 Å².